The summed E-state index contributed by atoms with van der Waals surface area (Å²) in [6.45, 7) is 5.80. The van der Waals surface area contributed by atoms with E-state index in [1.165, 1.54) is 0 Å². The van der Waals surface area contributed by atoms with Crippen LogP contribution in [0.15, 0.2) is 0 Å². The Kier molecular flexibility index (Phi) is 14.6. The van der Waals surface area contributed by atoms with Crippen LogP contribution in [0.4, 0.5) is 0 Å². The van der Waals surface area contributed by atoms with Crippen molar-refractivity contribution in [1.82, 2.24) is 10.6 Å². The topological polar surface area (TPSA) is 58.2 Å². The number of nitrogens with one attached hydrogen (secondary N) is 2. The first kappa shape index (κ1) is 19.9. The first-order valence-corrected chi connectivity index (χ1v) is 8.74. The molecule has 0 fully saturated rings. The Morgan fingerprint density at radius 2 is 1.05 bits per heavy atom. The predicted octanol–water partition coefficient (Wildman–Crippen LogP) is 3.55. The Hall–Kier alpha value is -1.06. The van der Waals surface area contributed by atoms with Crippen LogP contribution in [-0.2, 0) is 9.59 Å². The summed E-state index contributed by atoms with van der Waals surface area (Å²) in [6, 6.07) is 0. The molecular weight excluding hydrogens is 264 g/mol. The lowest BCUT2D eigenvalue weighted by molar-refractivity contribution is -0.121. The second-order valence-electron chi connectivity index (χ2n) is 5.67. The van der Waals surface area contributed by atoms with E-state index in [0.717, 1.165) is 70.9 Å². The molecule has 0 aliphatic heterocycles. The highest BCUT2D eigenvalue weighted by atomic mass is 16.2. The lowest BCUT2D eigenvalue weighted by Crippen LogP contribution is -2.25. The van der Waals surface area contributed by atoms with Crippen LogP contribution in [-0.4, -0.2) is 24.9 Å². The molecule has 0 atom stereocenters. The SMILES string of the molecule is CCCCCC(=O)NCCCCCNC(=O)CCCCC. The summed E-state index contributed by atoms with van der Waals surface area (Å²) in [5.41, 5.74) is 0. The minimum atomic E-state index is 0.174. The van der Waals surface area contributed by atoms with Gasteiger partial charge in [0.2, 0.25) is 11.8 Å². The molecule has 124 valence electrons. The highest BCUT2D eigenvalue weighted by molar-refractivity contribution is 5.76. The average molecular weight is 298 g/mol. The van der Waals surface area contributed by atoms with Gasteiger partial charge in [0, 0.05) is 25.9 Å². The van der Waals surface area contributed by atoms with Gasteiger partial charge in [-0.05, 0) is 32.1 Å². The molecule has 0 aromatic heterocycles. The standard InChI is InChI=1S/C17H34N2O2/c1-3-5-8-12-16(20)18-14-10-7-11-15-19-17(21)13-9-6-4-2/h3-15H2,1-2H3,(H,18,20)(H,19,21). The van der Waals surface area contributed by atoms with Crippen LogP contribution < -0.4 is 10.6 Å². The number of unbranched alkanes of at least 4 members (excludes halogenated alkanes) is 6. The van der Waals surface area contributed by atoms with E-state index >= 15 is 0 Å². The summed E-state index contributed by atoms with van der Waals surface area (Å²) in [6.07, 6.45) is 10.9. The van der Waals surface area contributed by atoms with Gasteiger partial charge in [-0.3, -0.25) is 9.59 Å². The minimum Gasteiger partial charge on any atom is -0.356 e. The van der Waals surface area contributed by atoms with E-state index in [2.05, 4.69) is 24.5 Å². The lowest BCUT2D eigenvalue weighted by atomic mass is 10.2. The highest BCUT2D eigenvalue weighted by Crippen LogP contribution is 2.00. The average Bonchev–Trinajstić information content (AvgIpc) is 2.47. The number of rotatable bonds is 14. The fourth-order valence-electron chi connectivity index (χ4n) is 2.13. The highest BCUT2D eigenvalue weighted by Gasteiger charge is 2.01. The number of amides is 2. The van der Waals surface area contributed by atoms with Gasteiger partial charge < -0.3 is 10.6 Å². The van der Waals surface area contributed by atoms with Crippen LogP contribution in [0.5, 0.6) is 0 Å². The quantitative estimate of drug-likeness (QED) is 0.482. The maximum Gasteiger partial charge on any atom is 0.219 e. The molecule has 21 heavy (non-hydrogen) atoms. The zero-order valence-electron chi connectivity index (χ0n) is 14.0. The van der Waals surface area contributed by atoms with Crippen LogP contribution in [0, 0.1) is 0 Å². The van der Waals surface area contributed by atoms with Crippen molar-refractivity contribution < 1.29 is 9.59 Å². The Morgan fingerprint density at radius 3 is 1.43 bits per heavy atom. The molecule has 0 saturated carbocycles. The molecular formula is C17H34N2O2. The summed E-state index contributed by atoms with van der Waals surface area (Å²) in [5, 5.41) is 5.90. The molecule has 0 heterocycles. The van der Waals surface area contributed by atoms with Crippen LogP contribution in [0.1, 0.15) is 84.5 Å². The predicted molar refractivity (Wildman–Crippen MR) is 88.2 cm³/mol. The smallest absolute Gasteiger partial charge is 0.219 e. The van der Waals surface area contributed by atoms with Crippen molar-refractivity contribution in [3.63, 3.8) is 0 Å². The van der Waals surface area contributed by atoms with Crippen molar-refractivity contribution >= 4 is 11.8 Å². The number of hydrogen-bond acceptors (Lipinski definition) is 2. The van der Waals surface area contributed by atoms with Gasteiger partial charge in [0.1, 0.15) is 0 Å². The third-order valence-corrected chi connectivity index (χ3v) is 3.51. The fourth-order valence-corrected chi connectivity index (χ4v) is 2.13. The summed E-state index contributed by atoms with van der Waals surface area (Å²) in [7, 11) is 0. The zero-order chi connectivity index (χ0) is 15.8. The molecule has 0 unspecified atom stereocenters. The van der Waals surface area contributed by atoms with Crippen LogP contribution in [0.3, 0.4) is 0 Å². The normalized spacial score (nSPS) is 10.4. The lowest BCUT2D eigenvalue weighted by Gasteiger charge is -2.06. The van der Waals surface area contributed by atoms with E-state index in [-0.39, 0.29) is 11.8 Å². The van der Waals surface area contributed by atoms with Gasteiger partial charge in [0.25, 0.3) is 0 Å². The number of hydrogen-bond donors (Lipinski definition) is 2. The van der Waals surface area contributed by atoms with Gasteiger partial charge in [-0.2, -0.15) is 0 Å². The van der Waals surface area contributed by atoms with Crippen molar-refractivity contribution in [2.45, 2.75) is 84.5 Å². The summed E-state index contributed by atoms with van der Waals surface area (Å²) >= 11 is 0. The van der Waals surface area contributed by atoms with Crippen molar-refractivity contribution in [2.24, 2.45) is 0 Å². The second-order valence-corrected chi connectivity index (χ2v) is 5.67. The van der Waals surface area contributed by atoms with Gasteiger partial charge in [-0.25, -0.2) is 0 Å². The van der Waals surface area contributed by atoms with Gasteiger partial charge in [0.15, 0.2) is 0 Å². The van der Waals surface area contributed by atoms with Crippen LogP contribution >= 0.6 is 0 Å². The third kappa shape index (κ3) is 15.2. The molecule has 0 aromatic carbocycles. The van der Waals surface area contributed by atoms with Crippen LogP contribution in [0.2, 0.25) is 0 Å². The molecule has 0 aliphatic carbocycles. The van der Waals surface area contributed by atoms with Crippen molar-refractivity contribution in [1.29, 1.82) is 0 Å². The Labute approximate surface area is 130 Å². The zero-order valence-corrected chi connectivity index (χ0v) is 14.0. The van der Waals surface area contributed by atoms with E-state index < -0.39 is 0 Å². The first-order valence-electron chi connectivity index (χ1n) is 8.74. The summed E-state index contributed by atoms with van der Waals surface area (Å²) < 4.78 is 0. The third-order valence-electron chi connectivity index (χ3n) is 3.51. The van der Waals surface area contributed by atoms with E-state index in [9.17, 15) is 9.59 Å². The number of carbonyl (C=O) groups excluding carboxylic acids is 2. The van der Waals surface area contributed by atoms with Crippen molar-refractivity contribution in [2.75, 3.05) is 13.1 Å². The van der Waals surface area contributed by atoms with Crippen LogP contribution in [0.25, 0.3) is 0 Å². The number of carbonyl (C=O) groups is 2. The van der Waals surface area contributed by atoms with Gasteiger partial charge in [0.05, 0.1) is 0 Å². The van der Waals surface area contributed by atoms with E-state index in [1.807, 2.05) is 0 Å². The van der Waals surface area contributed by atoms with E-state index in [4.69, 9.17) is 0 Å². The van der Waals surface area contributed by atoms with Crippen molar-refractivity contribution in [3.05, 3.63) is 0 Å². The summed E-state index contributed by atoms with van der Waals surface area (Å²) in [4.78, 5) is 22.9. The monoisotopic (exact) mass is 298 g/mol. The van der Waals surface area contributed by atoms with Gasteiger partial charge in [-0.1, -0.05) is 39.5 Å². The molecule has 4 heteroatoms. The van der Waals surface area contributed by atoms with Crippen molar-refractivity contribution in [3.8, 4) is 0 Å². The maximum absolute atomic E-state index is 11.5. The molecule has 4 nitrogen and oxygen atoms in total. The largest absolute Gasteiger partial charge is 0.356 e. The van der Waals surface area contributed by atoms with Gasteiger partial charge in [-0.15, -0.1) is 0 Å². The molecule has 0 rings (SSSR count). The molecule has 0 saturated heterocycles. The molecule has 2 amide bonds. The first-order chi connectivity index (χ1) is 10.2. The molecule has 0 radical (unpaired) electrons. The molecule has 0 aromatic rings. The Bertz CT molecular complexity index is 242. The fraction of sp³-hybridized carbons (Fsp3) is 0.882. The Balaban J connectivity index is 3.24. The molecule has 0 spiro atoms. The Morgan fingerprint density at radius 1 is 0.619 bits per heavy atom. The minimum absolute atomic E-state index is 0.174. The van der Waals surface area contributed by atoms with Gasteiger partial charge >= 0.3 is 0 Å². The molecule has 0 bridgehead atoms. The van der Waals surface area contributed by atoms with E-state index in [1.54, 1.807) is 0 Å². The second kappa shape index (κ2) is 15.3. The molecule has 0 aliphatic rings. The molecule has 2 N–H and O–H groups in total. The maximum atomic E-state index is 11.5. The van der Waals surface area contributed by atoms with E-state index in [0.29, 0.717) is 12.8 Å². The summed E-state index contributed by atoms with van der Waals surface area (Å²) in [5.74, 6) is 0.348.